The van der Waals surface area contributed by atoms with E-state index in [-0.39, 0.29) is 0 Å². The summed E-state index contributed by atoms with van der Waals surface area (Å²) in [6.07, 6.45) is 3.25. The van der Waals surface area contributed by atoms with E-state index in [0.717, 1.165) is 24.6 Å². The van der Waals surface area contributed by atoms with Crippen molar-refractivity contribution in [3.05, 3.63) is 4.91 Å². The van der Waals surface area contributed by atoms with E-state index in [9.17, 15) is 4.91 Å². The molecule has 1 rings (SSSR count). The predicted octanol–water partition coefficient (Wildman–Crippen LogP) is 1.83. The lowest BCUT2D eigenvalue weighted by molar-refractivity contribution is 0.301. The molecule has 0 aromatic carbocycles. The molecule has 0 N–H and O–H groups in total. The Hall–Kier alpha value is -0.0900. The van der Waals surface area contributed by atoms with E-state index >= 15 is 0 Å². The zero-order valence-electron chi connectivity index (χ0n) is 7.95. The molecular formula is C8H18N2OS. The van der Waals surface area contributed by atoms with E-state index in [0.29, 0.717) is 0 Å². The highest BCUT2D eigenvalue weighted by molar-refractivity contribution is 8.32. The average Bonchev–Trinajstić information content (AvgIpc) is 2.10. The number of rotatable bonds is 3. The summed E-state index contributed by atoms with van der Waals surface area (Å²) in [7, 11) is -1.10. The molecule has 0 unspecified atom stereocenters. The maximum atomic E-state index is 10.5. The van der Waals surface area contributed by atoms with E-state index in [1.165, 1.54) is 13.0 Å². The molecule has 0 aliphatic carbocycles. The van der Waals surface area contributed by atoms with Crippen molar-refractivity contribution in [3.8, 4) is 0 Å². The molecule has 0 saturated carbocycles. The molecule has 1 aliphatic heterocycles. The standard InChI is InChI=1S/C8H18N2OS/c1-3-4-10-5-7-12(2,9-11)8-6-10/h3-8H2,1-2H3. The van der Waals surface area contributed by atoms with Gasteiger partial charge in [-0.2, -0.15) is 0 Å². The van der Waals surface area contributed by atoms with Crippen molar-refractivity contribution in [2.45, 2.75) is 13.3 Å². The summed E-state index contributed by atoms with van der Waals surface area (Å²) in [6.45, 7) is 5.52. The minimum absolute atomic E-state index is 1.01. The van der Waals surface area contributed by atoms with Gasteiger partial charge in [0.15, 0.2) is 0 Å². The van der Waals surface area contributed by atoms with Crippen LogP contribution < -0.4 is 0 Å². The zero-order chi connectivity index (χ0) is 9.03. The zero-order valence-corrected chi connectivity index (χ0v) is 8.77. The van der Waals surface area contributed by atoms with Gasteiger partial charge in [0, 0.05) is 24.6 Å². The van der Waals surface area contributed by atoms with E-state index in [4.69, 9.17) is 0 Å². The molecule has 4 heteroatoms. The molecule has 1 aliphatic rings. The van der Waals surface area contributed by atoms with Crippen molar-refractivity contribution in [1.29, 1.82) is 0 Å². The summed E-state index contributed by atoms with van der Waals surface area (Å²) in [5.41, 5.74) is 0. The molecule has 1 heterocycles. The van der Waals surface area contributed by atoms with Gasteiger partial charge in [0.1, 0.15) is 0 Å². The van der Waals surface area contributed by atoms with Crippen molar-refractivity contribution in [2.24, 2.45) is 4.58 Å². The van der Waals surface area contributed by atoms with Gasteiger partial charge in [-0.3, -0.25) is 0 Å². The van der Waals surface area contributed by atoms with Crippen LogP contribution in [-0.2, 0) is 0 Å². The topological polar surface area (TPSA) is 32.7 Å². The van der Waals surface area contributed by atoms with Crippen LogP contribution in [0.1, 0.15) is 13.3 Å². The molecule has 0 radical (unpaired) electrons. The molecule has 1 fully saturated rings. The molecule has 0 amide bonds. The lowest BCUT2D eigenvalue weighted by Gasteiger charge is -2.37. The SMILES string of the molecule is CCCN1CCS(C)(N=O)CC1. The van der Waals surface area contributed by atoms with Crippen LogP contribution >= 0.6 is 10.2 Å². The van der Waals surface area contributed by atoms with Crippen molar-refractivity contribution in [1.82, 2.24) is 4.90 Å². The fourth-order valence-corrected chi connectivity index (χ4v) is 3.14. The molecule has 12 heavy (non-hydrogen) atoms. The van der Waals surface area contributed by atoms with Gasteiger partial charge in [-0.1, -0.05) is 6.92 Å². The first-order chi connectivity index (χ1) is 5.70. The largest absolute Gasteiger partial charge is 0.302 e. The van der Waals surface area contributed by atoms with Crippen LogP contribution in [0.2, 0.25) is 0 Å². The van der Waals surface area contributed by atoms with Crippen LogP contribution in [0.3, 0.4) is 0 Å². The Bertz CT molecular complexity index is 155. The summed E-state index contributed by atoms with van der Waals surface area (Å²) in [4.78, 5) is 12.9. The Morgan fingerprint density at radius 1 is 1.42 bits per heavy atom. The third kappa shape index (κ3) is 2.45. The summed E-state index contributed by atoms with van der Waals surface area (Å²) in [5.74, 6) is 2.02. The van der Waals surface area contributed by atoms with Crippen LogP contribution in [-0.4, -0.2) is 42.3 Å². The third-order valence-electron chi connectivity index (χ3n) is 2.41. The highest BCUT2D eigenvalue weighted by Crippen LogP contribution is 2.46. The van der Waals surface area contributed by atoms with Crippen molar-refractivity contribution in [2.75, 3.05) is 37.4 Å². The summed E-state index contributed by atoms with van der Waals surface area (Å²) < 4.78 is 3.28. The highest BCUT2D eigenvalue weighted by Gasteiger charge is 2.25. The van der Waals surface area contributed by atoms with Gasteiger partial charge in [0.05, 0.1) is 0 Å². The van der Waals surface area contributed by atoms with E-state index < -0.39 is 10.2 Å². The maximum Gasteiger partial charge on any atom is 0.0111 e. The quantitative estimate of drug-likeness (QED) is 0.636. The van der Waals surface area contributed by atoms with Crippen LogP contribution in [0, 0.1) is 4.91 Å². The first-order valence-electron chi connectivity index (χ1n) is 4.51. The van der Waals surface area contributed by atoms with Crippen molar-refractivity contribution < 1.29 is 0 Å². The monoisotopic (exact) mass is 190 g/mol. The lowest BCUT2D eigenvalue weighted by Crippen LogP contribution is -2.37. The third-order valence-corrected chi connectivity index (χ3v) is 4.90. The molecule has 0 atom stereocenters. The number of nitrogens with zero attached hydrogens (tertiary/aromatic N) is 2. The second-order valence-corrected chi connectivity index (χ2v) is 6.96. The molecular weight excluding hydrogens is 172 g/mol. The second-order valence-electron chi connectivity index (χ2n) is 3.55. The molecule has 0 aromatic heterocycles. The summed E-state index contributed by atoms with van der Waals surface area (Å²) >= 11 is 0. The highest BCUT2D eigenvalue weighted by atomic mass is 32.3. The van der Waals surface area contributed by atoms with Crippen LogP contribution in [0.5, 0.6) is 0 Å². The normalized spacial score (nSPS) is 26.5. The van der Waals surface area contributed by atoms with Gasteiger partial charge >= 0.3 is 0 Å². The van der Waals surface area contributed by atoms with Crippen molar-refractivity contribution >= 4 is 10.2 Å². The molecule has 1 saturated heterocycles. The lowest BCUT2D eigenvalue weighted by atomic mass is 10.4. The number of hydrogen-bond donors (Lipinski definition) is 0. The Morgan fingerprint density at radius 2 is 2.00 bits per heavy atom. The van der Waals surface area contributed by atoms with Gasteiger partial charge in [-0.05, 0) is 23.8 Å². The number of hydrogen-bond acceptors (Lipinski definition) is 3. The van der Waals surface area contributed by atoms with Crippen LogP contribution in [0.25, 0.3) is 0 Å². The molecule has 72 valence electrons. The minimum atomic E-state index is -1.10. The smallest absolute Gasteiger partial charge is 0.0111 e. The Balaban J connectivity index is 2.33. The van der Waals surface area contributed by atoms with Gasteiger partial charge in [0.25, 0.3) is 0 Å². The first kappa shape index (κ1) is 9.99. The van der Waals surface area contributed by atoms with Gasteiger partial charge in [-0.15, -0.1) is 15.1 Å². The predicted molar refractivity (Wildman–Crippen MR) is 55.8 cm³/mol. The fraction of sp³-hybridized carbons (Fsp3) is 1.00. The second kappa shape index (κ2) is 4.23. The van der Waals surface area contributed by atoms with E-state index in [2.05, 4.69) is 16.4 Å². The van der Waals surface area contributed by atoms with E-state index in [1.807, 2.05) is 6.26 Å². The fourth-order valence-electron chi connectivity index (χ4n) is 1.48. The Kier molecular flexibility index (Phi) is 3.53. The minimum Gasteiger partial charge on any atom is -0.302 e. The van der Waals surface area contributed by atoms with Crippen molar-refractivity contribution in [3.63, 3.8) is 0 Å². The average molecular weight is 190 g/mol. The molecule has 0 bridgehead atoms. The molecule has 3 nitrogen and oxygen atoms in total. The summed E-state index contributed by atoms with van der Waals surface area (Å²) in [5, 5.41) is 0. The molecule has 0 spiro atoms. The maximum absolute atomic E-state index is 10.5. The molecule has 0 aromatic rings. The van der Waals surface area contributed by atoms with E-state index in [1.54, 1.807) is 0 Å². The van der Waals surface area contributed by atoms with Gasteiger partial charge < -0.3 is 4.90 Å². The van der Waals surface area contributed by atoms with Crippen LogP contribution in [0.15, 0.2) is 4.58 Å². The summed E-state index contributed by atoms with van der Waals surface area (Å²) in [6, 6.07) is 0. The number of nitroso groups, excluding NO2 is 1. The van der Waals surface area contributed by atoms with Gasteiger partial charge in [-0.25, -0.2) is 0 Å². The Morgan fingerprint density at radius 3 is 2.42 bits per heavy atom. The Labute approximate surface area is 75.9 Å². The van der Waals surface area contributed by atoms with Gasteiger partial charge in [0.2, 0.25) is 0 Å². The first-order valence-corrected chi connectivity index (χ1v) is 6.84. The van der Waals surface area contributed by atoms with Crippen LogP contribution in [0.4, 0.5) is 0 Å².